The fourth-order valence-corrected chi connectivity index (χ4v) is 2.91. The van der Waals surface area contributed by atoms with Crippen molar-refractivity contribution in [1.82, 2.24) is 4.90 Å². The standard InChI is InChI=1S/C18H29NO2/c1-4-19-9-8-18(20)16(12-19)10-15-6-5-7-17(11-15)21-13-14(2)3/h5-7,11,14,16,18,20H,4,8-10,12-13H2,1-3H3. The van der Waals surface area contributed by atoms with Gasteiger partial charge in [0.2, 0.25) is 0 Å². The quantitative estimate of drug-likeness (QED) is 0.874. The van der Waals surface area contributed by atoms with Crippen LogP contribution in [-0.2, 0) is 6.42 Å². The Hall–Kier alpha value is -1.06. The molecule has 0 radical (unpaired) electrons. The molecule has 0 bridgehead atoms. The first kappa shape index (κ1) is 16.3. The third-order valence-corrected chi connectivity index (χ3v) is 4.20. The van der Waals surface area contributed by atoms with Crippen LogP contribution < -0.4 is 4.74 Å². The van der Waals surface area contributed by atoms with E-state index in [-0.39, 0.29) is 6.10 Å². The average Bonchev–Trinajstić information content (AvgIpc) is 2.48. The number of aliphatic hydroxyl groups excluding tert-OH is 1. The second-order valence-electron chi connectivity index (χ2n) is 6.57. The van der Waals surface area contributed by atoms with Gasteiger partial charge in [0, 0.05) is 19.0 Å². The minimum atomic E-state index is -0.173. The second kappa shape index (κ2) is 7.81. The maximum atomic E-state index is 10.2. The van der Waals surface area contributed by atoms with Gasteiger partial charge in [-0.05, 0) is 43.0 Å². The number of aliphatic hydroxyl groups is 1. The molecular formula is C18H29NO2. The fraction of sp³-hybridized carbons (Fsp3) is 0.667. The molecule has 1 aliphatic heterocycles. The number of benzene rings is 1. The van der Waals surface area contributed by atoms with E-state index in [9.17, 15) is 5.11 Å². The number of hydrogen-bond donors (Lipinski definition) is 1. The highest BCUT2D eigenvalue weighted by atomic mass is 16.5. The first-order valence-electron chi connectivity index (χ1n) is 8.20. The van der Waals surface area contributed by atoms with E-state index in [1.54, 1.807) is 0 Å². The molecule has 1 aromatic carbocycles. The van der Waals surface area contributed by atoms with Gasteiger partial charge in [-0.2, -0.15) is 0 Å². The molecule has 0 amide bonds. The number of ether oxygens (including phenoxy) is 1. The van der Waals surface area contributed by atoms with Crippen LogP contribution in [0.5, 0.6) is 5.75 Å². The summed E-state index contributed by atoms with van der Waals surface area (Å²) in [5.41, 5.74) is 1.26. The van der Waals surface area contributed by atoms with E-state index in [0.29, 0.717) is 11.8 Å². The smallest absolute Gasteiger partial charge is 0.119 e. The zero-order chi connectivity index (χ0) is 15.2. The van der Waals surface area contributed by atoms with Crippen molar-refractivity contribution in [1.29, 1.82) is 0 Å². The van der Waals surface area contributed by atoms with E-state index in [1.165, 1.54) is 5.56 Å². The van der Waals surface area contributed by atoms with Crippen molar-refractivity contribution < 1.29 is 9.84 Å². The Balaban J connectivity index is 1.96. The third-order valence-electron chi connectivity index (χ3n) is 4.20. The van der Waals surface area contributed by atoms with Crippen molar-refractivity contribution in [2.45, 2.75) is 39.7 Å². The van der Waals surface area contributed by atoms with Gasteiger partial charge >= 0.3 is 0 Å². The lowest BCUT2D eigenvalue weighted by Gasteiger charge is -2.35. The summed E-state index contributed by atoms with van der Waals surface area (Å²) in [6.45, 7) is 10.3. The molecule has 3 nitrogen and oxygen atoms in total. The maximum Gasteiger partial charge on any atom is 0.119 e. The Morgan fingerprint density at radius 2 is 2.19 bits per heavy atom. The van der Waals surface area contributed by atoms with Gasteiger partial charge < -0.3 is 14.7 Å². The zero-order valence-corrected chi connectivity index (χ0v) is 13.6. The summed E-state index contributed by atoms with van der Waals surface area (Å²) >= 11 is 0. The van der Waals surface area contributed by atoms with E-state index in [1.807, 2.05) is 6.07 Å². The minimum Gasteiger partial charge on any atom is -0.493 e. The Labute approximate surface area is 128 Å². The van der Waals surface area contributed by atoms with Crippen molar-refractivity contribution in [3.8, 4) is 5.75 Å². The number of nitrogens with zero attached hydrogens (tertiary/aromatic N) is 1. The van der Waals surface area contributed by atoms with Crippen molar-refractivity contribution in [2.24, 2.45) is 11.8 Å². The van der Waals surface area contributed by atoms with Crippen LogP contribution in [-0.4, -0.2) is 42.4 Å². The van der Waals surface area contributed by atoms with Gasteiger partial charge in [-0.1, -0.05) is 32.9 Å². The molecule has 0 saturated carbocycles. The van der Waals surface area contributed by atoms with Crippen LogP contribution in [0.15, 0.2) is 24.3 Å². The Morgan fingerprint density at radius 1 is 1.38 bits per heavy atom. The van der Waals surface area contributed by atoms with Crippen molar-refractivity contribution >= 4 is 0 Å². The van der Waals surface area contributed by atoms with Crippen LogP contribution in [0.4, 0.5) is 0 Å². The number of likely N-dealkylation sites (tertiary alicyclic amines) is 1. The van der Waals surface area contributed by atoms with Gasteiger partial charge in [0.05, 0.1) is 12.7 Å². The summed E-state index contributed by atoms with van der Waals surface area (Å²) in [5, 5.41) is 10.2. The van der Waals surface area contributed by atoms with Crippen LogP contribution >= 0.6 is 0 Å². The van der Waals surface area contributed by atoms with Crippen LogP contribution in [0.1, 0.15) is 32.8 Å². The molecular weight excluding hydrogens is 262 g/mol. The third kappa shape index (κ3) is 5.01. The average molecular weight is 291 g/mol. The number of piperidine rings is 1. The lowest BCUT2D eigenvalue weighted by Crippen LogP contribution is -2.43. The summed E-state index contributed by atoms with van der Waals surface area (Å²) in [6, 6.07) is 8.33. The van der Waals surface area contributed by atoms with E-state index < -0.39 is 0 Å². The van der Waals surface area contributed by atoms with Gasteiger partial charge in [0.1, 0.15) is 5.75 Å². The van der Waals surface area contributed by atoms with Gasteiger partial charge in [0.15, 0.2) is 0 Å². The first-order chi connectivity index (χ1) is 10.1. The predicted octanol–water partition coefficient (Wildman–Crippen LogP) is 2.97. The molecule has 1 aliphatic rings. The molecule has 2 atom stereocenters. The van der Waals surface area contributed by atoms with Crippen LogP contribution in [0, 0.1) is 11.8 Å². The number of rotatable bonds is 6. The van der Waals surface area contributed by atoms with Crippen LogP contribution in [0.25, 0.3) is 0 Å². The molecule has 3 heteroatoms. The number of hydrogen-bond acceptors (Lipinski definition) is 3. The molecule has 0 aliphatic carbocycles. The summed E-state index contributed by atoms with van der Waals surface area (Å²) < 4.78 is 5.79. The monoisotopic (exact) mass is 291 g/mol. The van der Waals surface area contributed by atoms with Gasteiger partial charge in [-0.25, -0.2) is 0 Å². The van der Waals surface area contributed by atoms with Crippen molar-refractivity contribution in [3.05, 3.63) is 29.8 Å². The molecule has 2 rings (SSSR count). The normalized spacial score (nSPS) is 23.5. The maximum absolute atomic E-state index is 10.2. The lowest BCUT2D eigenvalue weighted by atomic mass is 9.88. The molecule has 1 aromatic rings. The molecule has 1 saturated heterocycles. The highest BCUT2D eigenvalue weighted by Gasteiger charge is 2.27. The lowest BCUT2D eigenvalue weighted by molar-refractivity contribution is 0.0290. The topological polar surface area (TPSA) is 32.7 Å². The molecule has 1 N–H and O–H groups in total. The fourth-order valence-electron chi connectivity index (χ4n) is 2.91. The molecule has 0 aromatic heterocycles. The highest BCUT2D eigenvalue weighted by molar-refractivity contribution is 5.29. The highest BCUT2D eigenvalue weighted by Crippen LogP contribution is 2.23. The van der Waals surface area contributed by atoms with Crippen molar-refractivity contribution in [3.63, 3.8) is 0 Å². The van der Waals surface area contributed by atoms with E-state index >= 15 is 0 Å². The van der Waals surface area contributed by atoms with E-state index in [0.717, 1.165) is 44.8 Å². The van der Waals surface area contributed by atoms with E-state index in [2.05, 4.69) is 43.9 Å². The van der Waals surface area contributed by atoms with Crippen LogP contribution in [0.3, 0.4) is 0 Å². The Bertz CT molecular complexity index is 433. The molecule has 0 spiro atoms. The van der Waals surface area contributed by atoms with Gasteiger partial charge in [0.25, 0.3) is 0 Å². The summed E-state index contributed by atoms with van der Waals surface area (Å²) in [6.07, 6.45) is 1.64. The first-order valence-corrected chi connectivity index (χ1v) is 8.20. The molecule has 118 valence electrons. The van der Waals surface area contributed by atoms with Crippen LogP contribution in [0.2, 0.25) is 0 Å². The molecule has 1 fully saturated rings. The zero-order valence-electron chi connectivity index (χ0n) is 13.6. The van der Waals surface area contributed by atoms with Crippen molar-refractivity contribution in [2.75, 3.05) is 26.2 Å². The molecule has 2 unspecified atom stereocenters. The van der Waals surface area contributed by atoms with Gasteiger partial charge in [-0.3, -0.25) is 0 Å². The van der Waals surface area contributed by atoms with Gasteiger partial charge in [-0.15, -0.1) is 0 Å². The summed E-state index contributed by atoms with van der Waals surface area (Å²) in [5.74, 6) is 1.81. The minimum absolute atomic E-state index is 0.173. The predicted molar refractivity (Wildman–Crippen MR) is 86.7 cm³/mol. The van der Waals surface area contributed by atoms with E-state index in [4.69, 9.17) is 4.74 Å². The Kier molecular flexibility index (Phi) is 6.07. The largest absolute Gasteiger partial charge is 0.493 e. The SMILES string of the molecule is CCN1CCC(O)C(Cc2cccc(OCC(C)C)c2)C1. The summed E-state index contributed by atoms with van der Waals surface area (Å²) in [7, 11) is 0. The summed E-state index contributed by atoms with van der Waals surface area (Å²) in [4.78, 5) is 2.43. The molecule has 21 heavy (non-hydrogen) atoms. The second-order valence-corrected chi connectivity index (χ2v) is 6.57. The Morgan fingerprint density at radius 3 is 2.90 bits per heavy atom. The molecule has 1 heterocycles.